The average molecular weight is 515 g/mol. The molecule has 1 unspecified atom stereocenters. The van der Waals surface area contributed by atoms with Gasteiger partial charge in [0.05, 0.1) is 42.2 Å². The van der Waals surface area contributed by atoms with E-state index >= 15 is 0 Å². The van der Waals surface area contributed by atoms with Crippen LogP contribution >= 0.6 is 0 Å². The van der Waals surface area contributed by atoms with E-state index in [1.807, 2.05) is 25.6 Å². The number of anilines is 3. The Morgan fingerprint density at radius 2 is 1.95 bits per heavy atom. The lowest BCUT2D eigenvalue weighted by atomic mass is 9.73. The second-order valence-electron chi connectivity index (χ2n) is 11.2. The van der Waals surface area contributed by atoms with Crippen molar-refractivity contribution in [3.63, 3.8) is 0 Å². The van der Waals surface area contributed by atoms with Crippen LogP contribution in [0.1, 0.15) is 44.7 Å². The van der Waals surface area contributed by atoms with Gasteiger partial charge in [-0.1, -0.05) is 6.92 Å². The molecule has 0 amide bonds. The Morgan fingerprint density at radius 3 is 2.68 bits per heavy atom. The smallest absolute Gasteiger partial charge is 0.183 e. The van der Waals surface area contributed by atoms with Crippen LogP contribution < -0.4 is 15.5 Å². The molecule has 11 nitrogen and oxygen atoms in total. The molecule has 38 heavy (non-hydrogen) atoms. The van der Waals surface area contributed by atoms with Crippen molar-refractivity contribution in [1.29, 1.82) is 0 Å². The molecule has 3 aliphatic rings. The molecule has 4 aromatic rings. The fourth-order valence-corrected chi connectivity index (χ4v) is 6.35. The summed E-state index contributed by atoms with van der Waals surface area (Å²) in [5.74, 6) is 2.02. The van der Waals surface area contributed by atoms with E-state index in [2.05, 4.69) is 51.1 Å². The van der Waals surface area contributed by atoms with Gasteiger partial charge in [0, 0.05) is 55.8 Å². The third kappa shape index (κ3) is 3.67. The number of pyridine rings is 1. The van der Waals surface area contributed by atoms with Gasteiger partial charge < -0.3 is 20.3 Å². The molecule has 4 aromatic heterocycles. The molecule has 1 spiro atoms. The van der Waals surface area contributed by atoms with Gasteiger partial charge in [0.1, 0.15) is 5.82 Å². The monoisotopic (exact) mass is 514 g/mol. The van der Waals surface area contributed by atoms with Crippen molar-refractivity contribution in [2.75, 3.05) is 36.0 Å². The number of ether oxygens (including phenoxy) is 1. The van der Waals surface area contributed by atoms with E-state index in [-0.39, 0.29) is 17.6 Å². The van der Waals surface area contributed by atoms with Crippen LogP contribution in [0.25, 0.3) is 22.4 Å². The minimum Gasteiger partial charge on any atom is -0.376 e. The maximum absolute atomic E-state index is 6.50. The first kappa shape index (κ1) is 23.5. The zero-order valence-electron chi connectivity index (χ0n) is 22.1. The van der Waals surface area contributed by atoms with E-state index in [4.69, 9.17) is 25.4 Å². The minimum absolute atomic E-state index is 0.0817. The molecule has 2 fully saturated rings. The lowest BCUT2D eigenvalue weighted by Crippen LogP contribution is -2.50. The van der Waals surface area contributed by atoms with Crippen molar-refractivity contribution in [2.24, 2.45) is 18.2 Å². The van der Waals surface area contributed by atoms with Crippen LogP contribution in [0.3, 0.4) is 0 Å². The van der Waals surface area contributed by atoms with Gasteiger partial charge in [-0.3, -0.25) is 14.8 Å². The van der Waals surface area contributed by atoms with Crippen LogP contribution in [0.15, 0.2) is 30.7 Å². The SMILES string of the molecule is CC1CCN(c2n[nH]c3nc(N4CCC5(CC4)CO[C@@H](C)[C@H]5N)cnc23)c2ccc(-c3cnn(C)c3)nc21. The lowest BCUT2D eigenvalue weighted by molar-refractivity contribution is 0.0974. The van der Waals surface area contributed by atoms with E-state index in [0.29, 0.717) is 11.6 Å². The second kappa shape index (κ2) is 8.74. The van der Waals surface area contributed by atoms with Crippen LogP contribution in [0.5, 0.6) is 0 Å². The van der Waals surface area contributed by atoms with Gasteiger partial charge in [-0.25, -0.2) is 9.97 Å². The zero-order valence-corrected chi connectivity index (χ0v) is 22.1. The number of aryl methyl sites for hydroxylation is 1. The summed E-state index contributed by atoms with van der Waals surface area (Å²) in [6.45, 7) is 7.71. The molecule has 3 atom stereocenters. The Balaban J connectivity index is 1.15. The number of nitrogens with one attached hydrogen (secondary N) is 1. The molecule has 0 radical (unpaired) electrons. The van der Waals surface area contributed by atoms with E-state index < -0.39 is 0 Å². The summed E-state index contributed by atoms with van der Waals surface area (Å²) in [7, 11) is 1.92. The number of aromatic nitrogens is 7. The van der Waals surface area contributed by atoms with Gasteiger partial charge >= 0.3 is 0 Å². The molecule has 3 N–H and O–H groups in total. The standard InChI is InChI=1S/C27H34N10O/c1-16-6-9-37(20-5-4-19(31-22(16)20)18-12-30-35(3)14-18)26-23-25(33-34-26)32-21(13-29-23)36-10-7-27(8-11-36)15-38-17(2)24(27)28/h4-5,12-14,16-17,24H,6-11,15,28H2,1-3H3,(H,32,33,34)/t16?,17-,24+/m0/s1. The molecular formula is C27H34N10O. The van der Waals surface area contributed by atoms with Crippen molar-refractivity contribution >= 4 is 28.5 Å². The first-order chi connectivity index (χ1) is 18.4. The highest BCUT2D eigenvalue weighted by molar-refractivity contribution is 5.88. The minimum atomic E-state index is 0.0817. The van der Waals surface area contributed by atoms with Crippen molar-refractivity contribution in [3.05, 3.63) is 36.4 Å². The van der Waals surface area contributed by atoms with Crippen molar-refractivity contribution < 1.29 is 4.74 Å². The van der Waals surface area contributed by atoms with Crippen LogP contribution in [0.4, 0.5) is 17.3 Å². The number of hydrogen-bond donors (Lipinski definition) is 2. The van der Waals surface area contributed by atoms with Gasteiger partial charge in [-0.15, -0.1) is 0 Å². The van der Waals surface area contributed by atoms with Crippen LogP contribution in [-0.4, -0.2) is 73.3 Å². The predicted molar refractivity (Wildman–Crippen MR) is 145 cm³/mol. The highest BCUT2D eigenvalue weighted by Gasteiger charge is 2.47. The summed E-state index contributed by atoms with van der Waals surface area (Å²) < 4.78 is 7.68. The molecular weight excluding hydrogens is 480 g/mol. The Kier molecular flexibility index (Phi) is 5.41. The van der Waals surface area contributed by atoms with Crippen LogP contribution in [-0.2, 0) is 11.8 Å². The first-order valence-corrected chi connectivity index (χ1v) is 13.5. The number of nitrogens with two attached hydrogens (primary N) is 1. The van der Waals surface area contributed by atoms with Gasteiger partial charge in [0.2, 0.25) is 0 Å². The highest BCUT2D eigenvalue weighted by Crippen LogP contribution is 2.43. The summed E-state index contributed by atoms with van der Waals surface area (Å²) in [5, 5.41) is 12.1. The van der Waals surface area contributed by atoms with Gasteiger partial charge in [0.25, 0.3) is 0 Å². The number of aromatic amines is 1. The van der Waals surface area contributed by atoms with Gasteiger partial charge in [-0.05, 0) is 38.3 Å². The number of nitrogens with zero attached hydrogens (tertiary/aromatic N) is 8. The molecule has 0 aliphatic carbocycles. The molecule has 7 rings (SSSR count). The number of H-pyrrole nitrogens is 1. The summed E-state index contributed by atoms with van der Waals surface area (Å²) in [6, 6.07) is 4.30. The summed E-state index contributed by atoms with van der Waals surface area (Å²) in [6.07, 6.45) is 8.84. The van der Waals surface area contributed by atoms with Crippen molar-refractivity contribution in [2.45, 2.75) is 51.2 Å². The lowest BCUT2D eigenvalue weighted by Gasteiger charge is -2.41. The number of fused-ring (bicyclic) bond motifs is 2. The summed E-state index contributed by atoms with van der Waals surface area (Å²) in [4.78, 5) is 19.3. The third-order valence-electron chi connectivity index (χ3n) is 8.87. The van der Waals surface area contributed by atoms with Gasteiger partial charge in [0.15, 0.2) is 17.0 Å². The van der Waals surface area contributed by atoms with Gasteiger partial charge in [-0.2, -0.15) is 10.2 Å². The number of piperidine rings is 1. The highest BCUT2D eigenvalue weighted by atomic mass is 16.5. The molecule has 0 aromatic carbocycles. The molecule has 0 bridgehead atoms. The molecule has 11 heteroatoms. The molecule has 3 aliphatic heterocycles. The first-order valence-electron chi connectivity index (χ1n) is 13.5. The average Bonchev–Trinajstić information content (AvgIpc) is 3.64. The normalized spacial score (nSPS) is 24.9. The maximum Gasteiger partial charge on any atom is 0.183 e. The number of rotatable bonds is 3. The second-order valence-corrected chi connectivity index (χ2v) is 11.2. The largest absolute Gasteiger partial charge is 0.376 e. The maximum atomic E-state index is 6.50. The quantitative estimate of drug-likeness (QED) is 0.424. The fourth-order valence-electron chi connectivity index (χ4n) is 6.35. The third-order valence-corrected chi connectivity index (χ3v) is 8.87. The summed E-state index contributed by atoms with van der Waals surface area (Å²) >= 11 is 0. The Bertz CT molecular complexity index is 1490. The van der Waals surface area contributed by atoms with Crippen molar-refractivity contribution in [1.82, 2.24) is 34.9 Å². The molecule has 0 saturated carbocycles. The van der Waals surface area contributed by atoms with E-state index in [0.717, 1.165) is 85.3 Å². The zero-order chi connectivity index (χ0) is 26.0. The Morgan fingerprint density at radius 1 is 1.11 bits per heavy atom. The topological polar surface area (TPSA) is 127 Å². The molecule has 7 heterocycles. The van der Waals surface area contributed by atoms with E-state index in [1.54, 1.807) is 4.68 Å². The van der Waals surface area contributed by atoms with Crippen molar-refractivity contribution in [3.8, 4) is 11.3 Å². The fraction of sp³-hybridized carbons (Fsp3) is 0.519. The Labute approximate surface area is 221 Å². The van der Waals surface area contributed by atoms with E-state index in [9.17, 15) is 0 Å². The number of hydrogen-bond acceptors (Lipinski definition) is 9. The van der Waals surface area contributed by atoms with E-state index in [1.165, 1.54) is 0 Å². The molecule has 198 valence electrons. The van der Waals surface area contributed by atoms with Crippen LogP contribution in [0.2, 0.25) is 0 Å². The van der Waals surface area contributed by atoms with Crippen LogP contribution in [0, 0.1) is 5.41 Å². The Hall–Kier alpha value is -3.57. The predicted octanol–water partition coefficient (Wildman–Crippen LogP) is 3.13. The summed E-state index contributed by atoms with van der Waals surface area (Å²) in [5.41, 5.74) is 12.2. The molecule has 2 saturated heterocycles.